The van der Waals surface area contributed by atoms with Gasteiger partial charge in [-0.3, -0.25) is 0 Å². The van der Waals surface area contributed by atoms with Crippen LogP contribution in [0, 0.1) is 0 Å². The molecule has 0 aliphatic heterocycles. The van der Waals surface area contributed by atoms with E-state index in [9.17, 15) is 4.79 Å². The fraction of sp³-hybridized carbons (Fsp3) is 0.364. The molecule has 1 aromatic rings. The van der Waals surface area contributed by atoms with Crippen LogP contribution >= 0.6 is 34.8 Å². The molecule has 0 unspecified atom stereocenters. The van der Waals surface area contributed by atoms with Crippen LogP contribution in [0.1, 0.15) is 16.8 Å². The van der Waals surface area contributed by atoms with Gasteiger partial charge in [0.15, 0.2) is 5.75 Å². The lowest BCUT2D eigenvalue weighted by Crippen LogP contribution is -2.09. The topological polar surface area (TPSA) is 55.8 Å². The molecule has 0 aliphatic rings. The second-order valence-corrected chi connectivity index (χ2v) is 4.47. The Morgan fingerprint density at radius 3 is 2.56 bits per heavy atom. The Morgan fingerprint density at radius 1 is 1.33 bits per heavy atom. The van der Waals surface area contributed by atoms with Crippen LogP contribution in [0.15, 0.2) is 6.07 Å². The van der Waals surface area contributed by atoms with E-state index >= 15 is 0 Å². The number of aliphatic hydroxyl groups excluding tert-OH is 1. The molecule has 1 aromatic carbocycles. The molecule has 0 atom stereocenters. The normalized spacial score (nSPS) is 10.3. The number of hydrogen-bond donors (Lipinski definition) is 1. The molecule has 0 saturated heterocycles. The van der Waals surface area contributed by atoms with Crippen molar-refractivity contribution >= 4 is 40.8 Å². The first-order valence-electron chi connectivity index (χ1n) is 5.02. The summed E-state index contributed by atoms with van der Waals surface area (Å²) in [6, 6.07) is 1.38. The van der Waals surface area contributed by atoms with Crippen molar-refractivity contribution in [1.82, 2.24) is 0 Å². The number of hydrogen-bond acceptors (Lipinski definition) is 4. The first kappa shape index (κ1) is 15.4. The number of ether oxygens (including phenoxy) is 2. The van der Waals surface area contributed by atoms with Crippen molar-refractivity contribution in [3.8, 4) is 5.75 Å². The Balaban J connectivity index is 3.20. The number of carbonyl (C=O) groups excluding carboxylic acids is 1. The van der Waals surface area contributed by atoms with Crippen molar-refractivity contribution < 1.29 is 19.4 Å². The molecule has 0 bridgehead atoms. The molecule has 18 heavy (non-hydrogen) atoms. The molecule has 7 heteroatoms. The first-order valence-corrected chi connectivity index (χ1v) is 6.15. The molecule has 4 nitrogen and oxygen atoms in total. The van der Waals surface area contributed by atoms with E-state index in [2.05, 4.69) is 4.74 Å². The minimum absolute atomic E-state index is 0.0189. The van der Waals surface area contributed by atoms with Crippen molar-refractivity contribution in [2.45, 2.75) is 6.42 Å². The molecule has 0 radical (unpaired) electrons. The van der Waals surface area contributed by atoms with Crippen molar-refractivity contribution in [3.05, 3.63) is 26.7 Å². The van der Waals surface area contributed by atoms with Gasteiger partial charge in [0.1, 0.15) is 5.56 Å². The van der Waals surface area contributed by atoms with Crippen LogP contribution in [0.5, 0.6) is 5.75 Å². The number of benzene rings is 1. The summed E-state index contributed by atoms with van der Waals surface area (Å²) in [6.45, 7) is 0.157. The van der Waals surface area contributed by atoms with Gasteiger partial charge in [0, 0.05) is 13.0 Å². The fourth-order valence-corrected chi connectivity index (χ4v) is 1.98. The van der Waals surface area contributed by atoms with Gasteiger partial charge in [0.05, 0.1) is 28.8 Å². The van der Waals surface area contributed by atoms with Gasteiger partial charge in [-0.05, 0) is 6.07 Å². The maximum atomic E-state index is 11.6. The number of methoxy groups -OCH3 is 1. The van der Waals surface area contributed by atoms with Gasteiger partial charge in [-0.15, -0.1) is 0 Å². The maximum absolute atomic E-state index is 11.6. The Morgan fingerprint density at radius 2 is 2.00 bits per heavy atom. The second-order valence-electron chi connectivity index (χ2n) is 3.28. The first-order chi connectivity index (χ1) is 8.52. The van der Waals surface area contributed by atoms with Gasteiger partial charge in [-0.1, -0.05) is 34.8 Å². The summed E-state index contributed by atoms with van der Waals surface area (Å²) in [4.78, 5) is 11.6. The summed E-state index contributed by atoms with van der Waals surface area (Å²) in [5.41, 5.74) is -0.0189. The Hall–Kier alpha value is -0.680. The fourth-order valence-electron chi connectivity index (χ4n) is 1.24. The molecule has 0 saturated carbocycles. The van der Waals surface area contributed by atoms with Crippen LogP contribution < -0.4 is 4.74 Å². The highest BCUT2D eigenvalue weighted by molar-refractivity contribution is 6.45. The van der Waals surface area contributed by atoms with Crippen LogP contribution in [0.4, 0.5) is 0 Å². The standard InChI is InChI=1S/C11H11Cl3O4/c1-17-11(16)8-9(14)6(12)5-7(13)10(8)18-4-2-3-15/h5,15H,2-4H2,1H3. The zero-order chi connectivity index (χ0) is 13.7. The van der Waals surface area contributed by atoms with Crippen LogP contribution in [-0.2, 0) is 4.74 Å². The molecule has 0 heterocycles. The highest BCUT2D eigenvalue weighted by Crippen LogP contribution is 2.39. The van der Waals surface area contributed by atoms with Crippen LogP contribution in [0.25, 0.3) is 0 Å². The Kier molecular flexibility index (Phi) is 6.02. The van der Waals surface area contributed by atoms with Crippen molar-refractivity contribution in [2.75, 3.05) is 20.3 Å². The Bertz CT molecular complexity index is 448. The van der Waals surface area contributed by atoms with Gasteiger partial charge < -0.3 is 14.6 Å². The lowest BCUT2D eigenvalue weighted by atomic mass is 10.2. The lowest BCUT2D eigenvalue weighted by Gasteiger charge is -2.14. The zero-order valence-corrected chi connectivity index (χ0v) is 11.8. The summed E-state index contributed by atoms with van der Waals surface area (Å²) in [5, 5.41) is 9.00. The minimum Gasteiger partial charge on any atom is -0.491 e. The molecule has 1 N–H and O–H groups in total. The van der Waals surface area contributed by atoms with Gasteiger partial charge in [0.2, 0.25) is 0 Å². The van der Waals surface area contributed by atoms with E-state index in [4.69, 9.17) is 44.6 Å². The SMILES string of the molecule is COC(=O)c1c(Cl)c(Cl)cc(Cl)c1OCCCO. The molecule has 100 valence electrons. The summed E-state index contributed by atoms with van der Waals surface area (Å²) in [5.74, 6) is -0.588. The highest BCUT2D eigenvalue weighted by Gasteiger charge is 2.23. The minimum atomic E-state index is -0.691. The molecule has 0 aromatic heterocycles. The Labute approximate surface area is 119 Å². The molecule has 0 aliphatic carbocycles. The van der Waals surface area contributed by atoms with E-state index in [1.165, 1.54) is 13.2 Å². The molecular weight excluding hydrogens is 302 g/mol. The molecule has 1 rings (SSSR count). The van der Waals surface area contributed by atoms with Crippen LogP contribution in [0.2, 0.25) is 15.1 Å². The number of aliphatic hydroxyl groups is 1. The van der Waals surface area contributed by atoms with Gasteiger partial charge in [-0.25, -0.2) is 4.79 Å². The van der Waals surface area contributed by atoms with Crippen LogP contribution in [-0.4, -0.2) is 31.4 Å². The molecule has 0 fully saturated rings. The third kappa shape index (κ3) is 3.42. The van der Waals surface area contributed by atoms with Crippen molar-refractivity contribution in [3.63, 3.8) is 0 Å². The van der Waals surface area contributed by atoms with E-state index in [1.54, 1.807) is 0 Å². The third-order valence-electron chi connectivity index (χ3n) is 2.06. The summed E-state index contributed by atoms with van der Waals surface area (Å²) < 4.78 is 9.94. The summed E-state index contributed by atoms with van der Waals surface area (Å²) >= 11 is 17.7. The predicted octanol–water partition coefficient (Wildman–Crippen LogP) is 3.19. The van der Waals surface area contributed by atoms with Gasteiger partial charge in [0.25, 0.3) is 0 Å². The number of halogens is 3. The quantitative estimate of drug-likeness (QED) is 0.515. The number of carbonyl (C=O) groups is 1. The van der Waals surface area contributed by atoms with Gasteiger partial charge in [-0.2, -0.15) is 0 Å². The maximum Gasteiger partial charge on any atom is 0.343 e. The molecule has 0 amide bonds. The molecule has 0 spiro atoms. The monoisotopic (exact) mass is 312 g/mol. The second kappa shape index (κ2) is 7.04. The summed E-state index contributed by atoms with van der Waals surface area (Å²) in [7, 11) is 1.21. The molecular formula is C11H11Cl3O4. The largest absolute Gasteiger partial charge is 0.491 e. The van der Waals surface area contributed by atoms with Gasteiger partial charge >= 0.3 is 5.97 Å². The van der Waals surface area contributed by atoms with Crippen molar-refractivity contribution in [1.29, 1.82) is 0 Å². The highest BCUT2D eigenvalue weighted by atomic mass is 35.5. The predicted molar refractivity (Wildman–Crippen MR) is 70.0 cm³/mol. The average molecular weight is 314 g/mol. The van der Waals surface area contributed by atoms with E-state index in [1.807, 2.05) is 0 Å². The number of esters is 1. The van der Waals surface area contributed by atoms with E-state index in [-0.39, 0.29) is 39.6 Å². The average Bonchev–Trinajstić information content (AvgIpc) is 2.35. The van der Waals surface area contributed by atoms with Crippen LogP contribution in [0.3, 0.4) is 0 Å². The smallest absolute Gasteiger partial charge is 0.343 e. The zero-order valence-electron chi connectivity index (χ0n) is 9.50. The van der Waals surface area contributed by atoms with E-state index in [0.717, 1.165) is 0 Å². The lowest BCUT2D eigenvalue weighted by molar-refractivity contribution is 0.0596. The van der Waals surface area contributed by atoms with E-state index in [0.29, 0.717) is 6.42 Å². The van der Waals surface area contributed by atoms with E-state index < -0.39 is 5.97 Å². The number of rotatable bonds is 5. The van der Waals surface area contributed by atoms with Crippen molar-refractivity contribution in [2.24, 2.45) is 0 Å². The third-order valence-corrected chi connectivity index (χ3v) is 3.13. The summed E-state index contributed by atoms with van der Waals surface area (Å²) in [6.07, 6.45) is 0.400.